The molecule has 0 saturated carbocycles. The molecule has 0 fully saturated rings. The maximum Gasteiger partial charge on any atom is 0.180 e. The van der Waals surface area contributed by atoms with Gasteiger partial charge in [-0.15, -0.1) is 0 Å². The van der Waals surface area contributed by atoms with E-state index in [2.05, 4.69) is 26.0 Å². The van der Waals surface area contributed by atoms with Crippen LogP contribution in [-0.2, 0) is 9.84 Å². The molecule has 4 aromatic heterocycles. The third-order valence-electron chi connectivity index (χ3n) is 5.19. The zero-order valence-electron chi connectivity index (χ0n) is 16.4. The standard InChI is InChI=1S/C22H19N5O2S.2H2/c1-13(2)30(28,29)17-5-3-14(4-6-17)19-12-26-22-20(27-19)18(11-25-22)16-9-15-7-8-23-21(15)24-10-16;;/h3-13H,1-2H3,(H,23,24)(H,25,26);2*1H. The zero-order valence-corrected chi connectivity index (χ0v) is 17.2. The predicted molar refractivity (Wildman–Crippen MR) is 121 cm³/mol. The number of benzene rings is 1. The van der Waals surface area contributed by atoms with Crippen molar-refractivity contribution in [1.29, 1.82) is 0 Å². The first kappa shape index (κ1) is 18.5. The molecule has 0 radical (unpaired) electrons. The van der Waals surface area contributed by atoms with E-state index < -0.39 is 15.1 Å². The van der Waals surface area contributed by atoms with Crippen LogP contribution >= 0.6 is 0 Å². The second-order valence-corrected chi connectivity index (χ2v) is 9.92. The maximum absolute atomic E-state index is 12.4. The molecule has 154 valence electrons. The number of aromatic amines is 2. The molecule has 0 aliphatic heterocycles. The number of aromatic nitrogens is 5. The molecule has 4 heterocycles. The van der Waals surface area contributed by atoms with Crippen molar-refractivity contribution in [2.75, 3.05) is 0 Å². The highest BCUT2D eigenvalue weighted by atomic mass is 32.2. The third-order valence-corrected chi connectivity index (χ3v) is 7.36. The molecular formula is C22H23N5O2S. The van der Waals surface area contributed by atoms with Crippen molar-refractivity contribution < 1.29 is 11.3 Å². The van der Waals surface area contributed by atoms with Gasteiger partial charge in [-0.2, -0.15) is 0 Å². The SMILES string of the molecule is CC(C)S(=O)(=O)c1ccc(-c2cnc3[nH]cc(-c4cnc5[nH]ccc5c4)c3n2)cc1.[HH].[HH]. The Morgan fingerprint density at radius 1 is 0.933 bits per heavy atom. The first-order valence-electron chi connectivity index (χ1n) is 9.55. The smallest absolute Gasteiger partial charge is 0.180 e. The van der Waals surface area contributed by atoms with Crippen molar-refractivity contribution in [3.05, 3.63) is 61.2 Å². The molecule has 0 aliphatic rings. The summed E-state index contributed by atoms with van der Waals surface area (Å²) >= 11 is 0. The van der Waals surface area contributed by atoms with Crippen LogP contribution in [0, 0.1) is 0 Å². The minimum absolute atomic E-state index is 0. The Labute approximate surface area is 176 Å². The molecule has 0 aliphatic carbocycles. The number of nitrogens with one attached hydrogen (secondary N) is 2. The summed E-state index contributed by atoms with van der Waals surface area (Å²) in [5.41, 5.74) is 5.59. The van der Waals surface area contributed by atoms with E-state index in [1.54, 1.807) is 50.5 Å². The van der Waals surface area contributed by atoms with E-state index in [1.807, 2.05) is 18.5 Å². The molecule has 5 rings (SSSR count). The Bertz CT molecular complexity index is 1490. The number of hydrogen-bond donors (Lipinski definition) is 2. The summed E-state index contributed by atoms with van der Waals surface area (Å²) in [6.45, 7) is 3.35. The van der Waals surface area contributed by atoms with Crippen molar-refractivity contribution in [2.45, 2.75) is 24.0 Å². The highest BCUT2D eigenvalue weighted by Gasteiger charge is 2.19. The number of pyridine rings is 1. The Hall–Kier alpha value is -3.52. The lowest BCUT2D eigenvalue weighted by Crippen LogP contribution is -2.13. The first-order chi connectivity index (χ1) is 14.4. The monoisotopic (exact) mass is 421 g/mol. The van der Waals surface area contributed by atoms with E-state index in [4.69, 9.17) is 4.98 Å². The molecule has 0 amide bonds. The van der Waals surface area contributed by atoms with Gasteiger partial charge in [0, 0.05) is 43.5 Å². The van der Waals surface area contributed by atoms with Gasteiger partial charge in [-0.25, -0.2) is 23.4 Å². The fourth-order valence-electron chi connectivity index (χ4n) is 3.43. The van der Waals surface area contributed by atoms with Gasteiger partial charge in [-0.3, -0.25) is 0 Å². The summed E-state index contributed by atoms with van der Waals surface area (Å²) < 4.78 is 24.7. The number of sulfone groups is 1. The van der Waals surface area contributed by atoms with Gasteiger partial charge < -0.3 is 9.97 Å². The van der Waals surface area contributed by atoms with Crippen molar-refractivity contribution in [1.82, 2.24) is 24.9 Å². The van der Waals surface area contributed by atoms with Crippen molar-refractivity contribution in [3.8, 4) is 22.4 Å². The zero-order chi connectivity index (χ0) is 20.9. The second-order valence-electron chi connectivity index (χ2n) is 7.41. The Morgan fingerprint density at radius 2 is 1.70 bits per heavy atom. The van der Waals surface area contributed by atoms with E-state index in [0.29, 0.717) is 16.2 Å². The van der Waals surface area contributed by atoms with E-state index in [0.717, 1.165) is 33.2 Å². The number of fused-ring (bicyclic) bond motifs is 2. The van der Waals surface area contributed by atoms with E-state index in [1.165, 1.54) is 0 Å². The topological polar surface area (TPSA) is 104 Å². The van der Waals surface area contributed by atoms with Crippen LogP contribution in [0.15, 0.2) is 66.1 Å². The van der Waals surface area contributed by atoms with Crippen LogP contribution in [-0.4, -0.2) is 38.6 Å². The Kier molecular flexibility index (Phi) is 4.18. The Balaban J connectivity index is 0.00000144. The quantitative estimate of drug-likeness (QED) is 0.432. The van der Waals surface area contributed by atoms with Crippen LogP contribution < -0.4 is 0 Å². The number of H-pyrrole nitrogens is 2. The number of hydrogen-bond acceptors (Lipinski definition) is 5. The van der Waals surface area contributed by atoms with Crippen LogP contribution in [0.1, 0.15) is 16.7 Å². The molecule has 0 bridgehead atoms. The van der Waals surface area contributed by atoms with Gasteiger partial charge >= 0.3 is 0 Å². The van der Waals surface area contributed by atoms with Crippen LogP contribution in [0.25, 0.3) is 44.6 Å². The van der Waals surface area contributed by atoms with Gasteiger partial charge in [-0.1, -0.05) is 12.1 Å². The molecule has 0 unspecified atom stereocenters. The fraction of sp³-hybridized carbons (Fsp3) is 0.136. The second kappa shape index (κ2) is 6.77. The normalized spacial score (nSPS) is 12.2. The van der Waals surface area contributed by atoms with Crippen molar-refractivity contribution >= 4 is 32.0 Å². The summed E-state index contributed by atoms with van der Waals surface area (Å²) in [6, 6.07) is 10.8. The van der Waals surface area contributed by atoms with Crippen molar-refractivity contribution in [3.63, 3.8) is 0 Å². The summed E-state index contributed by atoms with van der Waals surface area (Å²) in [6.07, 6.45) is 7.23. The minimum atomic E-state index is -3.31. The van der Waals surface area contributed by atoms with Crippen LogP contribution in [0.5, 0.6) is 0 Å². The van der Waals surface area contributed by atoms with E-state index in [-0.39, 0.29) is 2.85 Å². The first-order valence-corrected chi connectivity index (χ1v) is 11.1. The lowest BCUT2D eigenvalue weighted by molar-refractivity contribution is 0.587. The average Bonchev–Trinajstić information content (AvgIpc) is 3.39. The lowest BCUT2D eigenvalue weighted by Gasteiger charge is -2.08. The van der Waals surface area contributed by atoms with Crippen LogP contribution in [0.4, 0.5) is 0 Å². The highest BCUT2D eigenvalue weighted by molar-refractivity contribution is 7.92. The fourth-order valence-corrected chi connectivity index (χ4v) is 4.48. The molecule has 1 aromatic carbocycles. The Morgan fingerprint density at radius 3 is 2.47 bits per heavy atom. The molecule has 7 nitrogen and oxygen atoms in total. The van der Waals surface area contributed by atoms with E-state index in [9.17, 15) is 8.42 Å². The van der Waals surface area contributed by atoms with Gasteiger partial charge in [0.25, 0.3) is 0 Å². The molecule has 30 heavy (non-hydrogen) atoms. The van der Waals surface area contributed by atoms with Gasteiger partial charge in [0.15, 0.2) is 15.5 Å². The predicted octanol–water partition coefficient (Wildman–Crippen LogP) is 4.84. The molecule has 5 aromatic rings. The molecule has 0 atom stereocenters. The molecule has 0 saturated heterocycles. The summed E-state index contributed by atoms with van der Waals surface area (Å²) in [5, 5.41) is 0.556. The van der Waals surface area contributed by atoms with Crippen LogP contribution in [0.3, 0.4) is 0 Å². The molecule has 8 heteroatoms. The lowest BCUT2D eigenvalue weighted by atomic mass is 10.1. The third kappa shape index (κ3) is 2.96. The highest BCUT2D eigenvalue weighted by Crippen LogP contribution is 2.30. The van der Waals surface area contributed by atoms with Crippen molar-refractivity contribution in [2.24, 2.45) is 0 Å². The van der Waals surface area contributed by atoms with Gasteiger partial charge in [0.2, 0.25) is 0 Å². The van der Waals surface area contributed by atoms with Gasteiger partial charge in [0.05, 0.1) is 22.0 Å². The van der Waals surface area contributed by atoms with Crippen LogP contribution in [0.2, 0.25) is 0 Å². The van der Waals surface area contributed by atoms with Gasteiger partial charge in [0.1, 0.15) is 11.2 Å². The maximum atomic E-state index is 12.4. The summed E-state index contributed by atoms with van der Waals surface area (Å²) in [5.74, 6) is 0. The molecular weight excluding hydrogens is 398 g/mol. The van der Waals surface area contributed by atoms with E-state index >= 15 is 0 Å². The molecule has 2 N–H and O–H groups in total. The number of nitrogens with zero attached hydrogens (tertiary/aromatic N) is 3. The molecule has 0 spiro atoms. The summed E-state index contributed by atoms with van der Waals surface area (Å²) in [4.78, 5) is 20.3. The largest absolute Gasteiger partial charge is 0.346 e. The van der Waals surface area contributed by atoms with Gasteiger partial charge in [-0.05, 0) is 38.1 Å². The average molecular weight is 422 g/mol. The summed E-state index contributed by atoms with van der Waals surface area (Å²) in [7, 11) is -3.31. The minimum Gasteiger partial charge on any atom is -0.346 e. The number of rotatable bonds is 4.